The number of aromatic nitrogens is 1. The molecule has 1 aliphatic heterocycles. The average Bonchev–Trinajstić information content (AvgIpc) is 3.32. The predicted octanol–water partition coefficient (Wildman–Crippen LogP) is 3.21. The van der Waals surface area contributed by atoms with Crippen LogP contribution in [0.2, 0.25) is 0 Å². The molecule has 4 N–H and O–H groups in total. The first-order chi connectivity index (χ1) is 21.6. The monoisotopic (exact) mass is 715 g/mol. The van der Waals surface area contributed by atoms with E-state index in [2.05, 4.69) is 25.4 Å². The van der Waals surface area contributed by atoms with Crippen LogP contribution in [0.1, 0.15) is 55.5 Å². The van der Waals surface area contributed by atoms with E-state index in [0.29, 0.717) is 32.5 Å². The van der Waals surface area contributed by atoms with Crippen molar-refractivity contribution in [1.82, 2.24) is 25.4 Å². The van der Waals surface area contributed by atoms with Crippen molar-refractivity contribution in [3.05, 3.63) is 101 Å². The number of fused-ring (bicyclic) bond motifs is 1. The first kappa shape index (κ1) is 41.6. The minimum absolute atomic E-state index is 0. The van der Waals surface area contributed by atoms with Crippen molar-refractivity contribution in [2.24, 2.45) is 5.92 Å². The van der Waals surface area contributed by atoms with Crippen molar-refractivity contribution in [3.63, 3.8) is 0 Å². The number of hydrogen-bond donors (Lipinski definition) is 4. The van der Waals surface area contributed by atoms with Gasteiger partial charge in [-0.1, -0.05) is 60.7 Å². The lowest BCUT2D eigenvalue weighted by Crippen LogP contribution is -2.61. The van der Waals surface area contributed by atoms with Crippen LogP contribution in [0.5, 0.6) is 0 Å². The second-order valence-corrected chi connectivity index (χ2v) is 13.6. The highest BCUT2D eigenvalue weighted by atomic mass is 32.1. The number of nitrogens with one attached hydrogen (secondary N) is 2. The third-order valence-electron chi connectivity index (χ3n) is 8.70. The molecule has 264 valence electrons. The molecule has 1 aromatic heterocycles. The second kappa shape index (κ2) is 19.0. The maximum absolute atomic E-state index is 13.8. The largest absolute Gasteiger partial charge is 0.392 e. The number of amides is 2. The second-order valence-electron chi connectivity index (χ2n) is 13.6. The molecule has 1 unspecified atom stereocenters. The molecule has 1 aliphatic carbocycles. The molecule has 0 radical (unpaired) electrons. The van der Waals surface area contributed by atoms with Gasteiger partial charge in [0.2, 0.25) is 11.8 Å². The number of carbonyl (C=O) groups is 2. The molecule has 0 saturated carbocycles. The smallest absolute Gasteiger partial charge is 0.239 e. The Morgan fingerprint density at radius 1 is 0.958 bits per heavy atom. The van der Waals surface area contributed by atoms with Gasteiger partial charge in [-0.15, -0.1) is 0 Å². The van der Waals surface area contributed by atoms with Gasteiger partial charge < -0.3 is 20.8 Å². The molecule has 2 amide bonds. The van der Waals surface area contributed by atoms with Gasteiger partial charge in [-0.25, -0.2) is 0 Å². The molecule has 3 aromatic rings. The molecule has 2 aromatic carbocycles. The zero-order valence-corrected chi connectivity index (χ0v) is 31.1. The molecule has 12 heteroatoms. The Morgan fingerprint density at radius 2 is 1.65 bits per heavy atom. The molecule has 0 bridgehead atoms. The highest BCUT2D eigenvalue weighted by molar-refractivity contribution is 7.59. The zero-order valence-electron chi connectivity index (χ0n) is 28.1. The highest BCUT2D eigenvalue weighted by Crippen LogP contribution is 2.32. The molecule has 5 atom stereocenters. The van der Waals surface area contributed by atoms with Gasteiger partial charge in [0.05, 0.1) is 18.2 Å². The lowest BCUT2D eigenvalue weighted by atomic mass is 9.91. The normalized spacial score (nSPS) is 20.6. The Kier molecular flexibility index (Phi) is 16.4. The van der Waals surface area contributed by atoms with Crippen LogP contribution in [0.3, 0.4) is 0 Å². The summed E-state index contributed by atoms with van der Waals surface area (Å²) in [6, 6.07) is 20.6. The third kappa shape index (κ3) is 11.5. The van der Waals surface area contributed by atoms with Crippen LogP contribution in [0.25, 0.3) is 0 Å². The van der Waals surface area contributed by atoms with Crippen molar-refractivity contribution in [2.45, 2.75) is 76.4 Å². The van der Waals surface area contributed by atoms with Gasteiger partial charge in [-0.2, -0.15) is 40.5 Å². The van der Waals surface area contributed by atoms with Crippen LogP contribution >= 0.6 is 40.5 Å². The summed E-state index contributed by atoms with van der Waals surface area (Å²) in [7, 11) is 0. The Hall–Kier alpha value is -2.58. The molecular formula is C36H53N5O4S3. The van der Waals surface area contributed by atoms with Crippen molar-refractivity contribution >= 4 is 52.3 Å². The Morgan fingerprint density at radius 3 is 2.33 bits per heavy atom. The molecule has 1 saturated heterocycles. The molecule has 48 heavy (non-hydrogen) atoms. The summed E-state index contributed by atoms with van der Waals surface area (Å²) in [5.74, 6) is -0.781. The Balaban J connectivity index is 0.00000267. The quantitative estimate of drug-likeness (QED) is 0.241. The van der Waals surface area contributed by atoms with E-state index in [1.165, 1.54) is 0 Å². The summed E-state index contributed by atoms with van der Waals surface area (Å²) in [6.07, 6.45) is 3.26. The minimum Gasteiger partial charge on any atom is -0.392 e. The Labute approximate surface area is 306 Å². The summed E-state index contributed by atoms with van der Waals surface area (Å²) in [4.78, 5) is 35.9. The van der Waals surface area contributed by atoms with E-state index in [0.717, 1.165) is 28.8 Å². The number of rotatable bonds is 11. The van der Waals surface area contributed by atoms with Crippen LogP contribution < -0.4 is 10.6 Å². The first-order valence-corrected chi connectivity index (χ1v) is 16.0. The van der Waals surface area contributed by atoms with Crippen molar-refractivity contribution in [1.29, 1.82) is 0 Å². The summed E-state index contributed by atoms with van der Waals surface area (Å²) >= 11 is 0. The van der Waals surface area contributed by atoms with E-state index < -0.39 is 35.7 Å². The lowest BCUT2D eigenvalue weighted by molar-refractivity contribution is -0.132. The topological polar surface area (TPSA) is 118 Å². The highest BCUT2D eigenvalue weighted by Gasteiger charge is 2.37. The van der Waals surface area contributed by atoms with Gasteiger partial charge in [0.25, 0.3) is 0 Å². The number of benzene rings is 2. The van der Waals surface area contributed by atoms with E-state index in [1.807, 2.05) is 93.7 Å². The lowest BCUT2D eigenvalue weighted by Gasteiger charge is -2.42. The van der Waals surface area contributed by atoms with E-state index in [9.17, 15) is 19.8 Å². The Bertz CT molecular complexity index is 1430. The number of pyridine rings is 1. The fourth-order valence-electron chi connectivity index (χ4n) is 6.56. The maximum Gasteiger partial charge on any atom is 0.239 e. The van der Waals surface area contributed by atoms with Crippen LogP contribution in [-0.2, 0) is 29.0 Å². The standard InChI is InChI=1S/C36H47N5O4.3H2S/c1-36(2,3)39-35(45)31-24-40(22-26-12-9-15-37-21-26)16-17-41(31)23-29(42)19-28(18-25-10-5-4-6-11-25)34(44)38-33-30-14-8-7-13-27(30)20-32(33)43;;;/h4-15,21,28-29,31-33,42-43H,16-20,22-24H2,1-3H3,(H,38,44)(H,39,45);3*1H2/t28-,29+,31?,32-,33+;;;/m1.../s1. The maximum atomic E-state index is 13.8. The average molecular weight is 716 g/mol. The van der Waals surface area contributed by atoms with Gasteiger partial charge in [-0.3, -0.25) is 24.4 Å². The number of piperazine rings is 1. The number of aliphatic hydroxyl groups excluding tert-OH is 2. The number of hydrogen-bond acceptors (Lipinski definition) is 7. The number of carbonyl (C=O) groups excluding carboxylic acids is 2. The van der Waals surface area contributed by atoms with Crippen LogP contribution in [0.15, 0.2) is 79.1 Å². The van der Waals surface area contributed by atoms with Crippen molar-refractivity contribution in [3.8, 4) is 0 Å². The van der Waals surface area contributed by atoms with E-state index in [4.69, 9.17) is 0 Å². The molecule has 9 nitrogen and oxygen atoms in total. The number of β-amino-alcohol motifs (C(OH)–C–C–N with tert-alkyl or cyclic N) is 1. The van der Waals surface area contributed by atoms with Gasteiger partial charge in [0, 0.05) is 63.0 Å². The van der Waals surface area contributed by atoms with Crippen LogP contribution in [-0.4, -0.2) is 86.8 Å². The van der Waals surface area contributed by atoms with E-state index in [1.54, 1.807) is 6.20 Å². The summed E-state index contributed by atoms with van der Waals surface area (Å²) in [5.41, 5.74) is 3.68. The van der Waals surface area contributed by atoms with Gasteiger partial charge in [0.15, 0.2) is 0 Å². The van der Waals surface area contributed by atoms with Gasteiger partial charge in [0.1, 0.15) is 6.04 Å². The molecule has 2 heterocycles. The number of nitrogens with zero attached hydrogens (tertiary/aromatic N) is 3. The summed E-state index contributed by atoms with van der Waals surface area (Å²) in [6.45, 7) is 8.74. The molecule has 5 rings (SSSR count). The van der Waals surface area contributed by atoms with Crippen molar-refractivity contribution < 1.29 is 19.8 Å². The minimum atomic E-state index is -0.833. The van der Waals surface area contributed by atoms with Crippen LogP contribution in [0, 0.1) is 5.92 Å². The summed E-state index contributed by atoms with van der Waals surface area (Å²) < 4.78 is 0. The van der Waals surface area contributed by atoms with E-state index >= 15 is 0 Å². The third-order valence-corrected chi connectivity index (χ3v) is 8.70. The summed E-state index contributed by atoms with van der Waals surface area (Å²) in [5, 5.41) is 28.5. The van der Waals surface area contributed by atoms with Crippen molar-refractivity contribution in [2.75, 3.05) is 26.2 Å². The first-order valence-electron chi connectivity index (χ1n) is 16.0. The van der Waals surface area contributed by atoms with Gasteiger partial charge in [-0.05, 0) is 61.9 Å². The predicted molar refractivity (Wildman–Crippen MR) is 205 cm³/mol. The molecule has 2 aliphatic rings. The fourth-order valence-corrected chi connectivity index (χ4v) is 6.56. The SMILES string of the molecule is CC(C)(C)NC(=O)C1CN(Cc2cccnc2)CCN1C[C@@H](O)C[C@@H](Cc1ccccc1)C(=O)N[C@H]1c2ccccc2C[C@H]1O.S.S.S. The van der Waals surface area contributed by atoms with E-state index in [-0.39, 0.29) is 65.3 Å². The van der Waals surface area contributed by atoms with Gasteiger partial charge >= 0.3 is 0 Å². The molecule has 0 spiro atoms. The van der Waals surface area contributed by atoms with Crippen LogP contribution in [0.4, 0.5) is 0 Å². The zero-order chi connectivity index (χ0) is 32.0. The number of aliphatic hydroxyl groups is 2. The molecule has 1 fully saturated rings. The molecular weight excluding hydrogens is 663 g/mol. The fraction of sp³-hybridized carbons (Fsp3) is 0.472.